The van der Waals surface area contributed by atoms with Crippen molar-refractivity contribution in [3.05, 3.63) is 11.9 Å². The first-order chi connectivity index (χ1) is 16.6. The number of allylic oxidation sites excluding steroid dienone is 1. The van der Waals surface area contributed by atoms with E-state index in [-0.39, 0.29) is 48.2 Å². The number of hydrazone groups is 1. The molecule has 11 heteroatoms. The largest absolute Gasteiger partial charge is 0.407 e. The summed E-state index contributed by atoms with van der Waals surface area (Å²) in [6.45, 7) is 10.5. The molecule has 0 radical (unpaired) electrons. The third-order valence-electron chi connectivity index (χ3n) is 7.83. The molecule has 0 aromatic rings. The summed E-state index contributed by atoms with van der Waals surface area (Å²) in [5, 5.41) is 11.6. The predicted molar refractivity (Wildman–Crippen MR) is 131 cm³/mol. The molecule has 8 nitrogen and oxygen atoms in total. The smallest absolute Gasteiger partial charge is 0.328 e. The van der Waals surface area contributed by atoms with Gasteiger partial charge in [-0.05, 0) is 32.6 Å². The van der Waals surface area contributed by atoms with Gasteiger partial charge < -0.3 is 15.5 Å². The summed E-state index contributed by atoms with van der Waals surface area (Å²) in [6.07, 6.45) is 2.09. The van der Waals surface area contributed by atoms with E-state index < -0.39 is 29.7 Å². The molecule has 36 heavy (non-hydrogen) atoms. The van der Waals surface area contributed by atoms with Gasteiger partial charge in [-0.25, -0.2) is 0 Å². The van der Waals surface area contributed by atoms with Crippen molar-refractivity contribution in [1.82, 2.24) is 20.5 Å². The Bertz CT molecular complexity index is 983. The molecular weight excluding hydrogens is 473 g/mol. The van der Waals surface area contributed by atoms with E-state index in [4.69, 9.17) is 0 Å². The quantitative estimate of drug-likeness (QED) is 0.609. The Morgan fingerprint density at radius 3 is 2.58 bits per heavy atom. The van der Waals surface area contributed by atoms with Crippen molar-refractivity contribution in [1.29, 1.82) is 0 Å². The van der Waals surface area contributed by atoms with Crippen molar-refractivity contribution in [2.24, 2.45) is 33.3 Å². The zero-order valence-corrected chi connectivity index (χ0v) is 21.8. The van der Waals surface area contributed by atoms with Crippen LogP contribution in [-0.2, 0) is 9.59 Å². The number of carbonyl (C=O) groups excluding carboxylic acids is 2. The fourth-order valence-corrected chi connectivity index (χ4v) is 6.00. The third-order valence-corrected chi connectivity index (χ3v) is 7.83. The van der Waals surface area contributed by atoms with Crippen LogP contribution in [0.3, 0.4) is 0 Å². The number of likely N-dealkylation sites (tertiary alicyclic amines) is 1. The average molecular weight is 511 g/mol. The number of hydrogen-bond acceptors (Lipinski definition) is 6. The van der Waals surface area contributed by atoms with Gasteiger partial charge in [0.05, 0.1) is 24.0 Å². The highest BCUT2D eigenvalue weighted by Gasteiger charge is 2.59. The van der Waals surface area contributed by atoms with Gasteiger partial charge in [0.25, 0.3) is 0 Å². The van der Waals surface area contributed by atoms with Crippen LogP contribution >= 0.6 is 0 Å². The van der Waals surface area contributed by atoms with E-state index in [1.54, 1.807) is 11.1 Å². The molecular formula is C25H37F3N6O2. The molecule has 2 saturated heterocycles. The fraction of sp³-hybridized carbons (Fsp3) is 0.760. The van der Waals surface area contributed by atoms with Gasteiger partial charge in [-0.2, -0.15) is 18.3 Å². The van der Waals surface area contributed by atoms with Crippen LogP contribution in [0.1, 0.15) is 54.4 Å². The van der Waals surface area contributed by atoms with Gasteiger partial charge in [-0.3, -0.25) is 19.6 Å². The van der Waals surface area contributed by atoms with Crippen molar-refractivity contribution < 1.29 is 22.8 Å². The van der Waals surface area contributed by atoms with Gasteiger partial charge >= 0.3 is 6.18 Å². The lowest BCUT2D eigenvalue weighted by molar-refractivity contribution is -0.146. The maximum absolute atomic E-state index is 13.6. The summed E-state index contributed by atoms with van der Waals surface area (Å²) in [5.74, 6) is -0.245. The Hall–Kier alpha value is -2.43. The molecule has 6 atom stereocenters. The normalized spacial score (nSPS) is 34.1. The lowest BCUT2D eigenvalue weighted by atomic mass is 9.72. The number of hydrogen-bond donors (Lipinski definition) is 2. The van der Waals surface area contributed by atoms with E-state index in [0.29, 0.717) is 6.42 Å². The monoisotopic (exact) mass is 510 g/mol. The molecule has 0 aromatic heterocycles. The van der Waals surface area contributed by atoms with E-state index >= 15 is 0 Å². The van der Waals surface area contributed by atoms with Crippen LogP contribution in [0, 0.1) is 23.2 Å². The lowest BCUT2D eigenvalue weighted by Gasteiger charge is -2.45. The van der Waals surface area contributed by atoms with E-state index in [1.807, 2.05) is 40.8 Å². The summed E-state index contributed by atoms with van der Waals surface area (Å²) in [5.41, 5.74) is -0.363. The van der Waals surface area contributed by atoms with E-state index in [2.05, 4.69) is 27.7 Å². The van der Waals surface area contributed by atoms with Gasteiger partial charge in [0, 0.05) is 47.7 Å². The van der Waals surface area contributed by atoms with Gasteiger partial charge in [0.2, 0.25) is 11.8 Å². The first-order valence-electron chi connectivity index (χ1n) is 12.6. The highest BCUT2D eigenvalue weighted by atomic mass is 19.4. The second kappa shape index (κ2) is 9.15. The van der Waals surface area contributed by atoms with Crippen LogP contribution in [0.5, 0.6) is 0 Å². The zero-order chi connectivity index (χ0) is 26.6. The van der Waals surface area contributed by atoms with Crippen molar-refractivity contribution in [2.75, 3.05) is 13.1 Å². The molecule has 4 aliphatic rings. The van der Waals surface area contributed by atoms with Crippen molar-refractivity contribution in [2.45, 2.75) is 84.2 Å². The molecule has 4 heterocycles. The SMILES string of the molecule is CC1CC(C2C=NC=C(NC(=O)C(C)(C)C)C2)NC2C1C(=O)N(C1C=NN(CC(F)(F)F)C1)C2(C)C. The number of amides is 2. The van der Waals surface area contributed by atoms with Crippen molar-refractivity contribution in [3.8, 4) is 0 Å². The summed E-state index contributed by atoms with van der Waals surface area (Å²) in [4.78, 5) is 32.2. The second-order valence-electron chi connectivity index (χ2n) is 12.2. The van der Waals surface area contributed by atoms with E-state index in [9.17, 15) is 22.8 Å². The first-order valence-corrected chi connectivity index (χ1v) is 12.6. The van der Waals surface area contributed by atoms with Crippen LogP contribution in [0.25, 0.3) is 0 Å². The van der Waals surface area contributed by atoms with Crippen LogP contribution in [0.2, 0.25) is 0 Å². The number of halogens is 3. The topological polar surface area (TPSA) is 89.4 Å². The number of rotatable bonds is 4. The van der Waals surface area contributed by atoms with E-state index in [0.717, 1.165) is 17.1 Å². The van der Waals surface area contributed by atoms with Gasteiger partial charge in [-0.15, -0.1) is 0 Å². The number of nitrogens with zero attached hydrogens (tertiary/aromatic N) is 4. The highest BCUT2D eigenvalue weighted by Crippen LogP contribution is 2.45. The number of carbonyl (C=O) groups is 2. The standard InChI is InChI=1S/C25H37F3N6O2/c1-14-7-18(15-8-16(10-29-9-15)31-22(36)23(2,3)4)32-20-19(14)21(35)34(24(20,5)6)17-11-30-33(12-17)13-25(26,27)28/h9-11,14-15,17-20,32H,7-8,12-13H2,1-6H3,(H,31,36). The molecule has 0 bridgehead atoms. The summed E-state index contributed by atoms with van der Waals surface area (Å²) < 4.78 is 38.6. The molecule has 0 spiro atoms. The Labute approximate surface area is 210 Å². The Kier molecular flexibility index (Phi) is 6.77. The average Bonchev–Trinajstić information content (AvgIpc) is 3.25. The number of piperidine rings is 1. The van der Waals surface area contributed by atoms with E-state index in [1.165, 1.54) is 6.21 Å². The molecule has 4 rings (SSSR count). The maximum atomic E-state index is 13.6. The minimum absolute atomic E-state index is 0.0306. The first kappa shape index (κ1) is 26.6. The summed E-state index contributed by atoms with van der Waals surface area (Å²) >= 11 is 0. The van der Waals surface area contributed by atoms with Crippen LogP contribution in [0.15, 0.2) is 22.0 Å². The highest BCUT2D eigenvalue weighted by molar-refractivity contribution is 5.88. The molecule has 0 aliphatic carbocycles. The van der Waals surface area contributed by atoms with Crippen LogP contribution < -0.4 is 10.6 Å². The Morgan fingerprint density at radius 1 is 1.25 bits per heavy atom. The number of alkyl halides is 3. The molecule has 0 saturated carbocycles. The third kappa shape index (κ3) is 5.17. The number of aliphatic imine (C=N–C) groups is 1. The van der Waals surface area contributed by atoms with Crippen molar-refractivity contribution in [3.63, 3.8) is 0 Å². The minimum atomic E-state index is -4.35. The molecule has 2 N–H and O–H groups in total. The summed E-state index contributed by atoms with van der Waals surface area (Å²) in [7, 11) is 0. The van der Waals surface area contributed by atoms with Gasteiger partial charge in [0.1, 0.15) is 6.54 Å². The lowest BCUT2D eigenvalue weighted by Crippen LogP contribution is -2.61. The summed E-state index contributed by atoms with van der Waals surface area (Å²) in [6, 6.07) is -0.631. The van der Waals surface area contributed by atoms with Crippen LogP contribution in [0.4, 0.5) is 13.2 Å². The molecule has 0 aromatic carbocycles. The number of nitrogens with one attached hydrogen (secondary N) is 2. The Morgan fingerprint density at radius 2 is 1.94 bits per heavy atom. The predicted octanol–water partition coefficient (Wildman–Crippen LogP) is 2.92. The maximum Gasteiger partial charge on any atom is 0.407 e. The Balaban J connectivity index is 1.46. The van der Waals surface area contributed by atoms with Gasteiger partial charge in [-0.1, -0.05) is 27.7 Å². The van der Waals surface area contributed by atoms with Gasteiger partial charge in [0.15, 0.2) is 0 Å². The molecule has 4 aliphatic heterocycles. The molecule has 200 valence electrons. The number of fused-ring (bicyclic) bond motifs is 1. The molecule has 6 unspecified atom stereocenters. The fourth-order valence-electron chi connectivity index (χ4n) is 6.00. The molecule has 2 amide bonds. The van der Waals surface area contributed by atoms with Crippen molar-refractivity contribution >= 4 is 24.2 Å². The minimum Gasteiger partial charge on any atom is -0.328 e. The van der Waals surface area contributed by atoms with Crippen LogP contribution in [-0.4, -0.2) is 77.1 Å². The molecule has 2 fully saturated rings. The zero-order valence-electron chi connectivity index (χ0n) is 21.8. The second-order valence-corrected chi connectivity index (χ2v) is 12.2.